The Balaban J connectivity index is 1.57. The fourth-order valence-electron chi connectivity index (χ4n) is 3.63. The van der Waals surface area contributed by atoms with E-state index in [2.05, 4.69) is 20.9 Å². The largest absolute Gasteiger partial charge is 0.490 e. The summed E-state index contributed by atoms with van der Waals surface area (Å²) in [5, 5.41) is 0.508. The summed E-state index contributed by atoms with van der Waals surface area (Å²) in [6, 6.07) is 20.5. The Bertz CT molecular complexity index is 1390. The van der Waals surface area contributed by atoms with Crippen molar-refractivity contribution >= 4 is 56.5 Å². The van der Waals surface area contributed by atoms with Crippen molar-refractivity contribution in [3.8, 4) is 11.5 Å². The molecule has 0 bridgehead atoms. The molecule has 0 aliphatic carbocycles. The van der Waals surface area contributed by atoms with Gasteiger partial charge in [-0.2, -0.15) is 0 Å². The molecule has 1 saturated heterocycles. The van der Waals surface area contributed by atoms with Gasteiger partial charge in [0.15, 0.2) is 16.7 Å². The van der Waals surface area contributed by atoms with E-state index in [0.717, 1.165) is 15.6 Å². The maximum atomic E-state index is 13.0. The summed E-state index contributed by atoms with van der Waals surface area (Å²) in [5.41, 5.74) is 2.79. The molecule has 7 nitrogen and oxygen atoms in total. The first-order chi connectivity index (χ1) is 18.4. The van der Waals surface area contributed by atoms with E-state index in [1.54, 1.807) is 44.3 Å². The maximum Gasteiger partial charge on any atom is 0.338 e. The highest BCUT2D eigenvalue weighted by atomic mass is 79.9. The molecule has 0 aromatic heterocycles. The smallest absolute Gasteiger partial charge is 0.338 e. The Morgan fingerprint density at radius 1 is 1.03 bits per heavy atom. The maximum absolute atomic E-state index is 13.0. The van der Waals surface area contributed by atoms with Crippen LogP contribution in [0.25, 0.3) is 6.08 Å². The van der Waals surface area contributed by atoms with Crippen LogP contribution in [-0.2, 0) is 16.1 Å². The molecule has 0 atom stereocenters. The van der Waals surface area contributed by atoms with Gasteiger partial charge in [0.25, 0.3) is 5.91 Å². The molecular formula is C29H27BrN2O5S. The number of likely N-dealkylation sites (N-methyl/N-ethyl adjacent to an activating group) is 1. The second-order valence-electron chi connectivity index (χ2n) is 8.18. The van der Waals surface area contributed by atoms with Gasteiger partial charge in [0.2, 0.25) is 0 Å². The summed E-state index contributed by atoms with van der Waals surface area (Å²) in [6.45, 7) is 4.82. The molecule has 3 aromatic carbocycles. The number of amidine groups is 1. The van der Waals surface area contributed by atoms with Gasteiger partial charge in [0, 0.05) is 7.05 Å². The Labute approximate surface area is 234 Å². The molecule has 1 heterocycles. The highest BCUT2D eigenvalue weighted by Gasteiger charge is 2.30. The molecule has 0 saturated carbocycles. The summed E-state index contributed by atoms with van der Waals surface area (Å²) in [5.74, 6) is 0.599. The van der Waals surface area contributed by atoms with Gasteiger partial charge in [-0.05, 0) is 89.1 Å². The highest BCUT2D eigenvalue weighted by Crippen LogP contribution is 2.40. The third-order valence-corrected chi connectivity index (χ3v) is 7.09. The molecule has 1 aliphatic rings. The Hall–Kier alpha value is -3.56. The number of rotatable bonds is 9. The van der Waals surface area contributed by atoms with Crippen molar-refractivity contribution < 1.29 is 23.8 Å². The molecule has 9 heteroatoms. The zero-order valence-electron chi connectivity index (χ0n) is 21.3. The van der Waals surface area contributed by atoms with E-state index >= 15 is 0 Å². The molecule has 0 unspecified atom stereocenters. The van der Waals surface area contributed by atoms with Gasteiger partial charge in [-0.25, -0.2) is 9.79 Å². The number of amides is 1. The van der Waals surface area contributed by atoms with Crippen LogP contribution in [0, 0.1) is 0 Å². The van der Waals surface area contributed by atoms with Gasteiger partial charge < -0.3 is 14.2 Å². The lowest BCUT2D eigenvalue weighted by Gasteiger charge is -2.15. The van der Waals surface area contributed by atoms with Crippen molar-refractivity contribution in [2.45, 2.75) is 20.5 Å². The molecule has 38 heavy (non-hydrogen) atoms. The minimum atomic E-state index is -0.412. The topological polar surface area (TPSA) is 77.4 Å². The first-order valence-electron chi connectivity index (χ1n) is 12.1. The number of thioether (sulfide) groups is 1. The van der Waals surface area contributed by atoms with Crippen molar-refractivity contribution in [1.29, 1.82) is 0 Å². The SMILES string of the molecule is CCOC(=O)c1cccc(N=C2SC(=Cc3cc(Br)c(OCc4ccccc4)c(OCC)c3)C(=O)N2C)c1. The normalized spacial score (nSPS) is 15.3. The van der Waals surface area contributed by atoms with Crippen LogP contribution in [0.5, 0.6) is 11.5 Å². The molecule has 1 aliphatic heterocycles. The number of halogens is 1. The number of carbonyl (C=O) groups excluding carboxylic acids is 2. The van der Waals surface area contributed by atoms with Crippen LogP contribution < -0.4 is 9.47 Å². The standard InChI is InChI=1S/C29H27BrN2O5S/c1-4-35-24-15-20(14-23(30)26(24)37-18-19-10-7-6-8-11-19)16-25-27(33)32(3)29(38-25)31-22-13-9-12-21(17-22)28(34)36-5-2/h6-17H,4-5,18H2,1-3H3. The number of hydrogen-bond donors (Lipinski definition) is 0. The number of esters is 1. The monoisotopic (exact) mass is 594 g/mol. The number of carbonyl (C=O) groups is 2. The second-order valence-corrected chi connectivity index (χ2v) is 10.0. The molecule has 196 valence electrons. The molecular weight excluding hydrogens is 568 g/mol. The zero-order chi connectivity index (χ0) is 27.1. The van der Waals surface area contributed by atoms with Gasteiger partial charge in [-0.3, -0.25) is 9.69 Å². The predicted molar refractivity (Wildman–Crippen MR) is 154 cm³/mol. The van der Waals surface area contributed by atoms with E-state index in [4.69, 9.17) is 14.2 Å². The third-order valence-electron chi connectivity index (χ3n) is 5.44. The second kappa shape index (κ2) is 12.8. The Kier molecular flexibility index (Phi) is 9.25. The van der Waals surface area contributed by atoms with Gasteiger partial charge in [0.05, 0.1) is 33.8 Å². The van der Waals surface area contributed by atoms with Crippen molar-refractivity contribution in [1.82, 2.24) is 4.90 Å². The van der Waals surface area contributed by atoms with E-state index < -0.39 is 5.97 Å². The highest BCUT2D eigenvalue weighted by molar-refractivity contribution is 9.10. The van der Waals surface area contributed by atoms with Crippen LogP contribution in [0.1, 0.15) is 35.3 Å². The Morgan fingerprint density at radius 3 is 2.55 bits per heavy atom. The van der Waals surface area contributed by atoms with Gasteiger partial charge >= 0.3 is 5.97 Å². The average molecular weight is 596 g/mol. The van der Waals surface area contributed by atoms with Crippen LogP contribution in [0.2, 0.25) is 0 Å². The van der Waals surface area contributed by atoms with Gasteiger partial charge in [-0.15, -0.1) is 0 Å². The first-order valence-corrected chi connectivity index (χ1v) is 13.7. The Morgan fingerprint density at radius 2 is 1.82 bits per heavy atom. The number of aliphatic imine (C=N–C) groups is 1. The number of ether oxygens (including phenoxy) is 3. The fraction of sp³-hybridized carbons (Fsp3) is 0.207. The molecule has 1 fully saturated rings. The summed E-state index contributed by atoms with van der Waals surface area (Å²) >= 11 is 4.87. The van der Waals surface area contributed by atoms with Crippen LogP contribution in [0.3, 0.4) is 0 Å². The van der Waals surface area contributed by atoms with E-state index in [1.807, 2.05) is 49.4 Å². The first kappa shape index (κ1) is 27.5. The number of hydrogen-bond acceptors (Lipinski definition) is 7. The van der Waals surface area contributed by atoms with Gasteiger partial charge in [-0.1, -0.05) is 36.4 Å². The summed E-state index contributed by atoms with van der Waals surface area (Å²) in [7, 11) is 1.67. The molecule has 1 amide bonds. The van der Waals surface area contributed by atoms with Crippen LogP contribution in [0.4, 0.5) is 5.69 Å². The lowest BCUT2D eigenvalue weighted by atomic mass is 10.1. The summed E-state index contributed by atoms with van der Waals surface area (Å²) in [6.07, 6.45) is 1.80. The van der Waals surface area contributed by atoms with E-state index in [9.17, 15) is 9.59 Å². The van der Waals surface area contributed by atoms with Crippen molar-refractivity contribution in [2.75, 3.05) is 20.3 Å². The molecule has 4 rings (SSSR count). The molecule has 0 radical (unpaired) electrons. The number of nitrogens with zero attached hydrogens (tertiary/aromatic N) is 2. The van der Waals surface area contributed by atoms with E-state index in [0.29, 0.717) is 52.6 Å². The summed E-state index contributed by atoms with van der Waals surface area (Å²) in [4.78, 5) is 31.7. The van der Waals surface area contributed by atoms with Crippen LogP contribution in [0.15, 0.2) is 81.1 Å². The van der Waals surface area contributed by atoms with Crippen LogP contribution >= 0.6 is 27.7 Å². The van der Waals surface area contributed by atoms with Crippen molar-refractivity contribution in [2.24, 2.45) is 4.99 Å². The molecule has 0 spiro atoms. The van der Waals surface area contributed by atoms with Gasteiger partial charge in [0.1, 0.15) is 6.61 Å². The predicted octanol–water partition coefficient (Wildman–Crippen LogP) is 6.84. The zero-order valence-corrected chi connectivity index (χ0v) is 23.7. The lowest BCUT2D eigenvalue weighted by molar-refractivity contribution is -0.121. The number of benzene rings is 3. The minimum Gasteiger partial charge on any atom is -0.490 e. The minimum absolute atomic E-state index is 0.172. The summed E-state index contributed by atoms with van der Waals surface area (Å²) < 4.78 is 17.7. The average Bonchev–Trinajstić information content (AvgIpc) is 3.17. The molecule has 0 N–H and O–H groups in total. The fourth-order valence-corrected chi connectivity index (χ4v) is 5.20. The molecule has 3 aromatic rings. The van der Waals surface area contributed by atoms with Crippen LogP contribution in [-0.4, -0.2) is 42.2 Å². The quantitative estimate of drug-likeness (QED) is 0.199. The van der Waals surface area contributed by atoms with Crippen molar-refractivity contribution in [3.63, 3.8) is 0 Å². The van der Waals surface area contributed by atoms with E-state index in [-0.39, 0.29) is 5.91 Å². The third kappa shape index (κ3) is 6.65. The lowest BCUT2D eigenvalue weighted by Crippen LogP contribution is -2.23. The van der Waals surface area contributed by atoms with Crippen molar-refractivity contribution in [3.05, 3.63) is 92.8 Å². The van der Waals surface area contributed by atoms with E-state index in [1.165, 1.54) is 16.7 Å².